The maximum Gasteiger partial charge on any atom is 0.229 e. The monoisotopic (exact) mass is 355 g/mol. The smallest absolute Gasteiger partial charge is 0.229 e. The number of anilines is 1. The summed E-state index contributed by atoms with van der Waals surface area (Å²) in [5.41, 5.74) is 3.00. The molecule has 26 heavy (non-hydrogen) atoms. The molecule has 0 unspecified atom stereocenters. The molecule has 0 bridgehead atoms. The van der Waals surface area contributed by atoms with Gasteiger partial charge in [0.15, 0.2) is 0 Å². The summed E-state index contributed by atoms with van der Waals surface area (Å²) in [6, 6.07) is 7.69. The molecule has 1 aliphatic rings. The van der Waals surface area contributed by atoms with Crippen molar-refractivity contribution < 1.29 is 14.3 Å². The second kappa shape index (κ2) is 8.17. The minimum atomic E-state index is -0.0956. The highest BCUT2D eigenvalue weighted by Gasteiger charge is 2.26. The van der Waals surface area contributed by atoms with E-state index in [0.717, 1.165) is 23.4 Å². The number of nitrogens with one attached hydrogen (secondary N) is 1. The molecule has 6 heteroatoms. The second-order valence-electron chi connectivity index (χ2n) is 6.50. The van der Waals surface area contributed by atoms with Crippen LogP contribution in [-0.4, -0.2) is 30.1 Å². The molecule has 1 aliphatic carbocycles. The molecule has 1 heterocycles. The molecular weight excluding hydrogens is 330 g/mol. The third kappa shape index (κ3) is 4.71. The Balaban J connectivity index is 1.63. The zero-order valence-electron chi connectivity index (χ0n) is 15.5. The molecule has 1 aromatic carbocycles. The SMILES string of the molecule is CCc1cc(C2CC2)nc(NC(=O)CCc2cc(OC)cc(OC)c2)n1. The molecule has 0 atom stereocenters. The van der Waals surface area contributed by atoms with Crippen molar-refractivity contribution in [3.05, 3.63) is 41.2 Å². The number of carbonyl (C=O) groups is 1. The van der Waals surface area contributed by atoms with E-state index in [4.69, 9.17) is 9.47 Å². The fraction of sp³-hybridized carbons (Fsp3) is 0.450. The maximum absolute atomic E-state index is 12.3. The number of aryl methyl sites for hydroxylation is 2. The lowest BCUT2D eigenvalue weighted by atomic mass is 10.1. The average Bonchev–Trinajstić information content (AvgIpc) is 3.51. The summed E-state index contributed by atoms with van der Waals surface area (Å²) in [4.78, 5) is 21.3. The van der Waals surface area contributed by atoms with Crippen LogP contribution in [0.15, 0.2) is 24.3 Å². The molecule has 1 saturated carbocycles. The van der Waals surface area contributed by atoms with Crippen LogP contribution < -0.4 is 14.8 Å². The van der Waals surface area contributed by atoms with E-state index in [1.54, 1.807) is 14.2 Å². The normalized spacial score (nSPS) is 13.3. The van der Waals surface area contributed by atoms with Crippen LogP contribution in [0.5, 0.6) is 11.5 Å². The lowest BCUT2D eigenvalue weighted by Crippen LogP contribution is -2.16. The first kappa shape index (κ1) is 18.2. The van der Waals surface area contributed by atoms with Crippen LogP contribution in [0.2, 0.25) is 0 Å². The summed E-state index contributed by atoms with van der Waals surface area (Å²) in [7, 11) is 3.22. The number of rotatable bonds is 8. The van der Waals surface area contributed by atoms with Gasteiger partial charge in [-0.15, -0.1) is 0 Å². The molecule has 0 aliphatic heterocycles. The largest absolute Gasteiger partial charge is 0.497 e. The third-order valence-corrected chi connectivity index (χ3v) is 4.46. The van der Waals surface area contributed by atoms with Gasteiger partial charge in [-0.2, -0.15) is 0 Å². The molecule has 0 saturated heterocycles. The van der Waals surface area contributed by atoms with E-state index in [1.165, 1.54) is 12.8 Å². The van der Waals surface area contributed by atoms with Crippen molar-refractivity contribution in [3.63, 3.8) is 0 Å². The summed E-state index contributed by atoms with van der Waals surface area (Å²) >= 11 is 0. The molecule has 0 radical (unpaired) electrons. The highest BCUT2D eigenvalue weighted by atomic mass is 16.5. The van der Waals surface area contributed by atoms with Gasteiger partial charge in [0, 0.05) is 29.8 Å². The van der Waals surface area contributed by atoms with Gasteiger partial charge in [-0.25, -0.2) is 9.97 Å². The van der Waals surface area contributed by atoms with Gasteiger partial charge >= 0.3 is 0 Å². The molecule has 138 valence electrons. The Morgan fingerprint density at radius 2 is 1.81 bits per heavy atom. The van der Waals surface area contributed by atoms with Crippen molar-refractivity contribution in [2.75, 3.05) is 19.5 Å². The number of ether oxygens (including phenoxy) is 2. The molecule has 6 nitrogen and oxygen atoms in total. The first-order valence-electron chi connectivity index (χ1n) is 9.01. The highest BCUT2D eigenvalue weighted by Crippen LogP contribution is 2.39. The van der Waals surface area contributed by atoms with Gasteiger partial charge in [0.1, 0.15) is 11.5 Å². The van der Waals surface area contributed by atoms with Crippen LogP contribution in [0.1, 0.15) is 49.1 Å². The number of methoxy groups -OCH3 is 2. The van der Waals surface area contributed by atoms with Crippen LogP contribution in [-0.2, 0) is 17.6 Å². The van der Waals surface area contributed by atoms with Gasteiger partial charge in [0.25, 0.3) is 0 Å². The number of hydrogen-bond acceptors (Lipinski definition) is 5. The number of aromatic nitrogens is 2. The van der Waals surface area contributed by atoms with Crippen LogP contribution in [0.3, 0.4) is 0 Å². The van der Waals surface area contributed by atoms with E-state index in [2.05, 4.69) is 28.3 Å². The lowest BCUT2D eigenvalue weighted by Gasteiger charge is -2.10. The molecule has 1 aromatic heterocycles. The van der Waals surface area contributed by atoms with Crippen molar-refractivity contribution in [1.29, 1.82) is 0 Å². The molecule has 0 spiro atoms. The molecule has 1 amide bonds. The van der Waals surface area contributed by atoms with Gasteiger partial charge in [-0.05, 0) is 49.4 Å². The highest BCUT2D eigenvalue weighted by molar-refractivity contribution is 5.89. The third-order valence-electron chi connectivity index (χ3n) is 4.46. The van der Waals surface area contributed by atoms with Crippen molar-refractivity contribution in [1.82, 2.24) is 9.97 Å². The Hall–Kier alpha value is -2.63. The van der Waals surface area contributed by atoms with Crippen LogP contribution >= 0.6 is 0 Å². The Kier molecular flexibility index (Phi) is 5.71. The summed E-state index contributed by atoms with van der Waals surface area (Å²) in [5.74, 6) is 2.28. The first-order valence-corrected chi connectivity index (χ1v) is 9.01. The predicted molar refractivity (Wildman–Crippen MR) is 99.9 cm³/mol. The molecule has 1 N–H and O–H groups in total. The van der Waals surface area contributed by atoms with E-state index < -0.39 is 0 Å². The van der Waals surface area contributed by atoms with Gasteiger partial charge in [0.05, 0.1) is 14.2 Å². The second-order valence-corrected chi connectivity index (χ2v) is 6.50. The first-order chi connectivity index (χ1) is 12.6. The number of nitrogens with zero attached hydrogens (tertiary/aromatic N) is 2. The fourth-order valence-electron chi connectivity index (χ4n) is 2.80. The van der Waals surface area contributed by atoms with E-state index in [0.29, 0.717) is 36.2 Å². The van der Waals surface area contributed by atoms with Crippen molar-refractivity contribution in [2.24, 2.45) is 0 Å². The van der Waals surface area contributed by atoms with Crippen LogP contribution in [0.25, 0.3) is 0 Å². The minimum absolute atomic E-state index is 0.0956. The van der Waals surface area contributed by atoms with Crippen molar-refractivity contribution in [2.45, 2.75) is 44.9 Å². The van der Waals surface area contributed by atoms with E-state index >= 15 is 0 Å². The van der Waals surface area contributed by atoms with E-state index in [-0.39, 0.29) is 5.91 Å². The van der Waals surface area contributed by atoms with Crippen LogP contribution in [0, 0.1) is 0 Å². The summed E-state index contributed by atoms with van der Waals surface area (Å²) in [6.07, 6.45) is 4.10. The number of amides is 1. The number of hydrogen-bond donors (Lipinski definition) is 1. The molecule has 3 rings (SSSR count). The number of carbonyl (C=O) groups excluding carboxylic acids is 1. The van der Waals surface area contributed by atoms with E-state index in [9.17, 15) is 4.79 Å². The zero-order valence-corrected chi connectivity index (χ0v) is 15.5. The van der Waals surface area contributed by atoms with Gasteiger partial charge in [-0.1, -0.05) is 6.92 Å². The minimum Gasteiger partial charge on any atom is -0.497 e. The topological polar surface area (TPSA) is 73.3 Å². The van der Waals surface area contributed by atoms with Gasteiger partial charge in [-0.3, -0.25) is 10.1 Å². The zero-order chi connectivity index (χ0) is 18.5. The molecular formula is C20H25N3O3. The average molecular weight is 355 g/mol. The molecule has 2 aromatic rings. The lowest BCUT2D eigenvalue weighted by molar-refractivity contribution is -0.116. The summed E-state index contributed by atoms with van der Waals surface area (Å²) in [5, 5.41) is 2.84. The van der Waals surface area contributed by atoms with Gasteiger partial charge < -0.3 is 9.47 Å². The fourth-order valence-corrected chi connectivity index (χ4v) is 2.80. The Labute approximate surface area is 154 Å². The van der Waals surface area contributed by atoms with E-state index in [1.807, 2.05) is 18.2 Å². The summed E-state index contributed by atoms with van der Waals surface area (Å²) in [6.45, 7) is 2.06. The number of benzene rings is 1. The Bertz CT molecular complexity index is 766. The van der Waals surface area contributed by atoms with Gasteiger partial charge in [0.2, 0.25) is 11.9 Å². The predicted octanol–water partition coefficient (Wildman–Crippen LogP) is 3.50. The Morgan fingerprint density at radius 3 is 2.38 bits per heavy atom. The van der Waals surface area contributed by atoms with Crippen molar-refractivity contribution in [3.8, 4) is 11.5 Å². The Morgan fingerprint density at radius 1 is 1.12 bits per heavy atom. The summed E-state index contributed by atoms with van der Waals surface area (Å²) < 4.78 is 10.5. The maximum atomic E-state index is 12.3. The van der Waals surface area contributed by atoms with Crippen LogP contribution in [0.4, 0.5) is 5.95 Å². The standard InChI is InChI=1S/C20H25N3O3/c1-4-15-11-18(14-6-7-14)22-20(21-15)23-19(24)8-5-13-9-16(25-2)12-17(10-13)26-3/h9-12,14H,4-8H2,1-3H3,(H,21,22,23,24). The molecule has 1 fully saturated rings. The van der Waals surface area contributed by atoms with Crippen molar-refractivity contribution >= 4 is 11.9 Å². The quantitative estimate of drug-likeness (QED) is 0.784.